The van der Waals surface area contributed by atoms with Crippen molar-refractivity contribution < 1.29 is 4.55 Å². The summed E-state index contributed by atoms with van der Waals surface area (Å²) in [5.41, 5.74) is 4.30. The van der Waals surface area contributed by atoms with Gasteiger partial charge in [-0.2, -0.15) is 0 Å². The first-order chi connectivity index (χ1) is 13.1. The quantitative estimate of drug-likeness (QED) is 0.332. The third-order valence-corrected chi connectivity index (χ3v) is 7.75. The standard InChI is InChI=1S/C22H24N2OS3/c1-21(2,3)12-7-8-13(16(9-12)28-25)19-23-14-10-18-15(11-17(14)26-19)24-20(27-18)22(4,5)6/h7-11,25H,1-6H3. The minimum Gasteiger partial charge on any atom is -0.325 e. The summed E-state index contributed by atoms with van der Waals surface area (Å²) in [4.78, 5) is 10.6. The van der Waals surface area contributed by atoms with Crippen LogP contribution in [0.25, 0.3) is 31.0 Å². The van der Waals surface area contributed by atoms with Crippen LogP contribution in [0, 0.1) is 0 Å². The lowest BCUT2D eigenvalue weighted by molar-refractivity contribution is 0.587. The summed E-state index contributed by atoms with van der Waals surface area (Å²) in [5.74, 6) is 0. The monoisotopic (exact) mass is 428 g/mol. The van der Waals surface area contributed by atoms with E-state index in [1.165, 1.54) is 10.3 Å². The van der Waals surface area contributed by atoms with Gasteiger partial charge in [0.1, 0.15) is 5.01 Å². The second kappa shape index (κ2) is 6.80. The van der Waals surface area contributed by atoms with Crippen molar-refractivity contribution in [3.05, 3.63) is 40.9 Å². The third-order valence-electron chi connectivity index (χ3n) is 4.72. The number of rotatable bonds is 2. The number of fused-ring (bicyclic) bond motifs is 2. The molecule has 2 aromatic heterocycles. The molecule has 0 saturated heterocycles. The molecule has 146 valence electrons. The van der Waals surface area contributed by atoms with Gasteiger partial charge in [-0.15, -0.1) is 22.7 Å². The molecule has 3 nitrogen and oxygen atoms in total. The Balaban J connectivity index is 1.82. The number of benzene rings is 2. The lowest BCUT2D eigenvalue weighted by Crippen LogP contribution is -2.11. The van der Waals surface area contributed by atoms with E-state index in [1.54, 1.807) is 22.7 Å². The zero-order chi connectivity index (χ0) is 20.3. The molecule has 0 saturated carbocycles. The van der Waals surface area contributed by atoms with Crippen molar-refractivity contribution in [2.45, 2.75) is 57.3 Å². The molecule has 4 aromatic rings. The van der Waals surface area contributed by atoms with Crippen molar-refractivity contribution in [1.29, 1.82) is 0 Å². The van der Waals surface area contributed by atoms with Crippen LogP contribution in [0.2, 0.25) is 0 Å². The summed E-state index contributed by atoms with van der Waals surface area (Å²) in [6, 6.07) is 10.6. The minimum absolute atomic E-state index is 0.0391. The maximum absolute atomic E-state index is 9.86. The van der Waals surface area contributed by atoms with Gasteiger partial charge in [0.05, 0.1) is 25.4 Å². The van der Waals surface area contributed by atoms with Gasteiger partial charge in [0.2, 0.25) is 0 Å². The van der Waals surface area contributed by atoms with Gasteiger partial charge in [-0.3, -0.25) is 0 Å². The SMILES string of the molecule is CC(C)(C)c1ccc(-c2nc3cc4sc(C(C)(C)C)nc4cc3s2)c(SO)c1. The number of thiazole rings is 2. The molecule has 4 rings (SSSR count). The van der Waals surface area contributed by atoms with Crippen LogP contribution >= 0.6 is 34.7 Å². The first-order valence-electron chi connectivity index (χ1n) is 9.24. The number of hydrogen-bond donors (Lipinski definition) is 1. The molecular formula is C22H24N2OS3. The predicted molar refractivity (Wildman–Crippen MR) is 124 cm³/mol. The van der Waals surface area contributed by atoms with Crippen LogP contribution in [0.5, 0.6) is 0 Å². The van der Waals surface area contributed by atoms with E-state index >= 15 is 0 Å². The molecule has 0 unspecified atom stereocenters. The van der Waals surface area contributed by atoms with Crippen molar-refractivity contribution >= 4 is 55.1 Å². The fraction of sp³-hybridized carbons (Fsp3) is 0.364. The van der Waals surface area contributed by atoms with Crippen molar-refractivity contribution in [2.75, 3.05) is 0 Å². The largest absolute Gasteiger partial charge is 0.325 e. The molecule has 28 heavy (non-hydrogen) atoms. The summed E-state index contributed by atoms with van der Waals surface area (Å²) in [5, 5.41) is 2.08. The maximum Gasteiger partial charge on any atom is 0.125 e. The topological polar surface area (TPSA) is 46.0 Å². The van der Waals surface area contributed by atoms with Gasteiger partial charge in [0.25, 0.3) is 0 Å². The average Bonchev–Trinajstić information content (AvgIpc) is 3.20. The fourth-order valence-electron chi connectivity index (χ4n) is 3.03. The smallest absolute Gasteiger partial charge is 0.125 e. The number of nitrogens with zero attached hydrogens (tertiary/aromatic N) is 2. The van der Waals surface area contributed by atoms with E-state index in [1.807, 2.05) is 0 Å². The van der Waals surface area contributed by atoms with E-state index in [2.05, 4.69) is 71.9 Å². The van der Waals surface area contributed by atoms with Crippen molar-refractivity contribution in [3.8, 4) is 10.6 Å². The molecular weight excluding hydrogens is 404 g/mol. The normalized spacial score (nSPS) is 13.0. The lowest BCUT2D eigenvalue weighted by Gasteiger charge is -2.20. The average molecular weight is 429 g/mol. The van der Waals surface area contributed by atoms with E-state index in [-0.39, 0.29) is 10.8 Å². The Morgan fingerprint density at radius 3 is 2.07 bits per heavy atom. The van der Waals surface area contributed by atoms with E-state index in [9.17, 15) is 4.55 Å². The second-order valence-electron chi connectivity index (χ2n) is 9.13. The fourth-order valence-corrected chi connectivity index (χ4v) is 5.59. The van der Waals surface area contributed by atoms with E-state index in [0.29, 0.717) is 0 Å². The highest BCUT2D eigenvalue weighted by Crippen LogP contribution is 2.40. The predicted octanol–water partition coefficient (Wildman–Crippen LogP) is 7.73. The number of hydrogen-bond acceptors (Lipinski definition) is 6. The molecule has 6 heteroatoms. The van der Waals surface area contributed by atoms with Gasteiger partial charge in [-0.05, 0) is 29.2 Å². The van der Waals surface area contributed by atoms with Crippen LogP contribution in [0.1, 0.15) is 52.1 Å². The van der Waals surface area contributed by atoms with Gasteiger partial charge in [0.15, 0.2) is 0 Å². The van der Waals surface area contributed by atoms with Crippen LogP contribution in [0.15, 0.2) is 35.2 Å². The van der Waals surface area contributed by atoms with Crippen LogP contribution in [-0.4, -0.2) is 14.5 Å². The third kappa shape index (κ3) is 3.59. The van der Waals surface area contributed by atoms with Gasteiger partial charge < -0.3 is 4.55 Å². The van der Waals surface area contributed by atoms with Crippen molar-refractivity contribution in [3.63, 3.8) is 0 Å². The molecule has 1 N–H and O–H groups in total. The molecule has 0 spiro atoms. The van der Waals surface area contributed by atoms with Crippen molar-refractivity contribution in [2.24, 2.45) is 0 Å². The summed E-state index contributed by atoms with van der Waals surface area (Å²) in [6.45, 7) is 13.1. The molecule has 0 aliphatic heterocycles. The molecule has 0 radical (unpaired) electrons. The summed E-state index contributed by atoms with van der Waals surface area (Å²) >= 11 is 4.20. The Kier molecular flexibility index (Phi) is 4.82. The second-order valence-corrected chi connectivity index (χ2v) is 11.8. The highest BCUT2D eigenvalue weighted by atomic mass is 32.2. The number of aromatic nitrogens is 2. The lowest BCUT2D eigenvalue weighted by atomic mass is 9.87. The van der Waals surface area contributed by atoms with E-state index < -0.39 is 0 Å². The van der Waals surface area contributed by atoms with Crippen molar-refractivity contribution in [1.82, 2.24) is 9.97 Å². The van der Waals surface area contributed by atoms with Crippen LogP contribution < -0.4 is 0 Å². The van der Waals surface area contributed by atoms with Crippen LogP contribution in [0.3, 0.4) is 0 Å². The van der Waals surface area contributed by atoms with E-state index in [4.69, 9.17) is 9.97 Å². The molecule has 0 aliphatic carbocycles. The van der Waals surface area contributed by atoms with Gasteiger partial charge in [0, 0.05) is 27.9 Å². The highest BCUT2D eigenvalue weighted by molar-refractivity contribution is 7.94. The molecule has 0 amide bonds. The van der Waals surface area contributed by atoms with Crippen LogP contribution in [0.4, 0.5) is 0 Å². The van der Waals surface area contributed by atoms with Gasteiger partial charge >= 0.3 is 0 Å². The Hall–Kier alpha value is -1.47. The first kappa shape index (κ1) is 19.8. The Morgan fingerprint density at radius 2 is 1.46 bits per heavy atom. The highest BCUT2D eigenvalue weighted by Gasteiger charge is 2.21. The zero-order valence-corrected chi connectivity index (χ0v) is 19.4. The molecule has 0 fully saturated rings. The van der Waals surface area contributed by atoms with Crippen LogP contribution in [-0.2, 0) is 10.8 Å². The molecule has 0 bridgehead atoms. The molecule has 0 atom stereocenters. The van der Waals surface area contributed by atoms with Gasteiger partial charge in [-0.25, -0.2) is 9.97 Å². The van der Waals surface area contributed by atoms with E-state index in [0.717, 1.165) is 48.3 Å². The Labute approximate surface area is 178 Å². The Morgan fingerprint density at radius 1 is 0.821 bits per heavy atom. The first-order valence-corrected chi connectivity index (χ1v) is 11.6. The summed E-state index contributed by atoms with van der Waals surface area (Å²) in [6.07, 6.45) is 0. The minimum atomic E-state index is 0.0391. The molecule has 0 aliphatic rings. The van der Waals surface area contributed by atoms with Gasteiger partial charge in [-0.1, -0.05) is 53.7 Å². The zero-order valence-electron chi connectivity index (χ0n) is 17.0. The summed E-state index contributed by atoms with van der Waals surface area (Å²) < 4.78 is 12.2. The molecule has 2 aromatic carbocycles. The summed E-state index contributed by atoms with van der Waals surface area (Å²) in [7, 11) is 0. The maximum atomic E-state index is 9.86. The Bertz CT molecular complexity index is 1130. The molecule has 2 heterocycles.